The zero-order valence-corrected chi connectivity index (χ0v) is 11.0. The maximum Gasteiger partial charge on any atom is 0.137 e. The molecule has 0 atom stereocenters. The predicted octanol–water partition coefficient (Wildman–Crippen LogP) is 3.03. The molecule has 2 rings (SSSR count). The summed E-state index contributed by atoms with van der Waals surface area (Å²) in [7, 11) is 1.93. The number of hydrogen-bond donors (Lipinski definition) is 1. The second-order valence-electron chi connectivity index (χ2n) is 4.20. The number of aromatic nitrogens is 2. The van der Waals surface area contributed by atoms with E-state index in [-0.39, 0.29) is 0 Å². The second-order valence-corrected chi connectivity index (χ2v) is 4.20. The maximum atomic E-state index is 4.64. The lowest BCUT2D eigenvalue weighted by atomic mass is 10.1. The fraction of sp³-hybridized carbons (Fsp3) is 0.267. The molecule has 0 saturated carbocycles. The van der Waals surface area contributed by atoms with E-state index < -0.39 is 0 Å². The number of hydrogen-bond acceptors (Lipinski definition) is 2. The molecule has 0 spiro atoms. The molecular formula is C15H19N3. The van der Waals surface area contributed by atoms with Crippen LogP contribution in [0.3, 0.4) is 0 Å². The molecule has 0 unspecified atom stereocenters. The minimum absolute atomic E-state index is 0.746. The molecule has 0 aliphatic rings. The van der Waals surface area contributed by atoms with Crippen molar-refractivity contribution in [1.29, 1.82) is 0 Å². The van der Waals surface area contributed by atoms with Gasteiger partial charge in [0, 0.05) is 12.7 Å². The summed E-state index contributed by atoms with van der Waals surface area (Å²) in [6.07, 6.45) is 7.22. The summed E-state index contributed by atoms with van der Waals surface area (Å²) in [4.78, 5) is 4.64. The fourth-order valence-corrected chi connectivity index (χ4v) is 2.01. The van der Waals surface area contributed by atoms with Crippen molar-refractivity contribution in [2.45, 2.75) is 19.9 Å². The van der Waals surface area contributed by atoms with Crippen molar-refractivity contribution in [3.05, 3.63) is 54.5 Å². The molecule has 0 aliphatic carbocycles. The van der Waals surface area contributed by atoms with Gasteiger partial charge in [-0.25, -0.2) is 4.98 Å². The van der Waals surface area contributed by atoms with Crippen molar-refractivity contribution >= 4 is 11.2 Å². The van der Waals surface area contributed by atoms with Crippen molar-refractivity contribution in [2.24, 2.45) is 0 Å². The van der Waals surface area contributed by atoms with E-state index in [9.17, 15) is 0 Å². The lowest BCUT2D eigenvalue weighted by molar-refractivity contribution is 0.795. The van der Waals surface area contributed by atoms with E-state index >= 15 is 0 Å². The lowest BCUT2D eigenvalue weighted by Crippen LogP contribution is -2.07. The second kappa shape index (κ2) is 5.65. The van der Waals surface area contributed by atoms with Crippen LogP contribution in [-0.2, 0) is 6.54 Å². The number of nitrogens with zero attached hydrogens (tertiary/aromatic N) is 2. The van der Waals surface area contributed by atoms with E-state index in [0.717, 1.165) is 35.6 Å². The van der Waals surface area contributed by atoms with Gasteiger partial charge in [-0.1, -0.05) is 31.7 Å². The molecule has 3 nitrogen and oxygen atoms in total. The first-order valence-electron chi connectivity index (χ1n) is 6.24. The van der Waals surface area contributed by atoms with Gasteiger partial charge in [-0.2, -0.15) is 0 Å². The van der Waals surface area contributed by atoms with E-state index in [1.54, 1.807) is 0 Å². The van der Waals surface area contributed by atoms with Gasteiger partial charge < -0.3 is 5.32 Å². The van der Waals surface area contributed by atoms with Crippen molar-refractivity contribution < 1.29 is 0 Å². The van der Waals surface area contributed by atoms with E-state index in [4.69, 9.17) is 0 Å². The number of allylic oxidation sites excluding steroid dienone is 3. The molecule has 1 N–H and O–H groups in total. The molecule has 0 saturated heterocycles. The molecule has 0 fully saturated rings. The Hall–Kier alpha value is -1.87. The molecule has 0 aromatic carbocycles. The molecule has 0 bridgehead atoms. The van der Waals surface area contributed by atoms with E-state index in [0.29, 0.717) is 0 Å². The number of imidazole rings is 1. The minimum Gasteiger partial charge on any atom is -0.314 e. The van der Waals surface area contributed by atoms with Gasteiger partial charge in [-0.3, -0.25) is 4.40 Å². The topological polar surface area (TPSA) is 29.3 Å². The van der Waals surface area contributed by atoms with Gasteiger partial charge in [0.05, 0.1) is 11.4 Å². The smallest absolute Gasteiger partial charge is 0.137 e. The molecule has 3 heteroatoms. The Morgan fingerprint density at radius 1 is 1.50 bits per heavy atom. The van der Waals surface area contributed by atoms with Gasteiger partial charge in [0.2, 0.25) is 0 Å². The first kappa shape index (κ1) is 12.6. The Morgan fingerprint density at radius 2 is 2.33 bits per heavy atom. The summed E-state index contributed by atoms with van der Waals surface area (Å²) >= 11 is 0. The number of fused-ring (bicyclic) bond motifs is 1. The number of pyridine rings is 1. The van der Waals surface area contributed by atoms with Crippen LogP contribution in [0.15, 0.2) is 43.1 Å². The van der Waals surface area contributed by atoms with Crippen LogP contribution in [0.1, 0.15) is 24.7 Å². The van der Waals surface area contributed by atoms with Gasteiger partial charge in [-0.05, 0) is 31.2 Å². The molecule has 2 heterocycles. The summed E-state index contributed by atoms with van der Waals surface area (Å²) < 4.78 is 2.09. The summed E-state index contributed by atoms with van der Waals surface area (Å²) in [6, 6.07) is 6.03. The van der Waals surface area contributed by atoms with Crippen LogP contribution in [0.5, 0.6) is 0 Å². The average Bonchev–Trinajstić information content (AvgIpc) is 2.74. The largest absolute Gasteiger partial charge is 0.314 e. The highest BCUT2D eigenvalue weighted by atomic mass is 15.0. The predicted molar refractivity (Wildman–Crippen MR) is 76.4 cm³/mol. The molecule has 94 valence electrons. The normalized spacial score (nSPS) is 11.4. The van der Waals surface area contributed by atoms with E-state index in [1.807, 2.05) is 31.4 Å². The summed E-state index contributed by atoms with van der Waals surface area (Å²) in [5.41, 5.74) is 4.09. The number of nitrogens with one attached hydrogen (secondary N) is 1. The van der Waals surface area contributed by atoms with Crippen LogP contribution in [0, 0.1) is 0 Å². The summed E-state index contributed by atoms with van der Waals surface area (Å²) in [5.74, 6) is 0. The fourth-order valence-electron chi connectivity index (χ4n) is 2.01. The highest BCUT2D eigenvalue weighted by Crippen LogP contribution is 2.21. The maximum absolute atomic E-state index is 4.64. The van der Waals surface area contributed by atoms with Gasteiger partial charge in [-0.15, -0.1) is 0 Å². The molecule has 0 amide bonds. The van der Waals surface area contributed by atoms with Gasteiger partial charge >= 0.3 is 0 Å². The molecular weight excluding hydrogens is 222 g/mol. The first-order chi connectivity index (χ1) is 8.77. The van der Waals surface area contributed by atoms with Crippen molar-refractivity contribution in [3.8, 4) is 0 Å². The zero-order chi connectivity index (χ0) is 13.0. The lowest BCUT2D eigenvalue weighted by Gasteiger charge is -2.04. The van der Waals surface area contributed by atoms with Crippen LogP contribution in [0.2, 0.25) is 0 Å². The van der Waals surface area contributed by atoms with Crippen molar-refractivity contribution in [1.82, 2.24) is 14.7 Å². The van der Waals surface area contributed by atoms with Crippen LogP contribution in [-0.4, -0.2) is 16.4 Å². The molecule has 2 aromatic rings. The standard InChI is InChI=1S/C15H19N3/c1-4-5-8-12(2)15-13(11-16-3)17-14-9-6-7-10-18(14)15/h5-10,16H,2,4,11H2,1,3H3. The van der Waals surface area contributed by atoms with Gasteiger partial charge in [0.1, 0.15) is 5.65 Å². The Labute approximate surface area is 108 Å². The van der Waals surface area contributed by atoms with Gasteiger partial charge in [0.15, 0.2) is 0 Å². The highest BCUT2D eigenvalue weighted by Gasteiger charge is 2.12. The highest BCUT2D eigenvalue weighted by molar-refractivity contribution is 5.73. The summed E-state index contributed by atoms with van der Waals surface area (Å²) in [6.45, 7) is 7.02. The average molecular weight is 241 g/mol. The van der Waals surface area contributed by atoms with Crippen molar-refractivity contribution in [2.75, 3.05) is 7.05 Å². The minimum atomic E-state index is 0.746. The molecule has 0 radical (unpaired) electrons. The van der Waals surface area contributed by atoms with Crippen molar-refractivity contribution in [3.63, 3.8) is 0 Å². The van der Waals surface area contributed by atoms with E-state index in [2.05, 4.69) is 40.4 Å². The Kier molecular flexibility index (Phi) is 3.95. The van der Waals surface area contributed by atoms with Crippen LogP contribution in [0.4, 0.5) is 0 Å². The van der Waals surface area contributed by atoms with Crippen LogP contribution < -0.4 is 5.32 Å². The molecule has 2 aromatic heterocycles. The molecule has 0 aliphatic heterocycles. The SMILES string of the molecule is C=C(C=CCC)c1c(CNC)nc2ccccn12. The van der Waals surface area contributed by atoms with Gasteiger partial charge in [0.25, 0.3) is 0 Å². The Morgan fingerprint density at radius 3 is 3.06 bits per heavy atom. The number of rotatable bonds is 5. The monoisotopic (exact) mass is 241 g/mol. The first-order valence-corrected chi connectivity index (χ1v) is 6.24. The van der Waals surface area contributed by atoms with E-state index in [1.165, 1.54) is 0 Å². The quantitative estimate of drug-likeness (QED) is 0.815. The van der Waals surface area contributed by atoms with Crippen LogP contribution >= 0.6 is 0 Å². The Balaban J connectivity index is 2.54. The molecule has 18 heavy (non-hydrogen) atoms. The van der Waals surface area contributed by atoms with Crippen LogP contribution in [0.25, 0.3) is 11.2 Å². The zero-order valence-electron chi connectivity index (χ0n) is 11.0. The third-order valence-electron chi connectivity index (χ3n) is 2.81. The summed E-state index contributed by atoms with van der Waals surface area (Å²) in [5, 5.41) is 3.16. The third kappa shape index (κ3) is 2.36. The third-order valence-corrected chi connectivity index (χ3v) is 2.81. The Bertz CT molecular complexity index is 578.